The number of ether oxygens (including phenoxy) is 1. The molecule has 1 aliphatic rings. The number of carboxylic acid groups (broad SMARTS) is 2. The van der Waals surface area contributed by atoms with Crippen LogP contribution >= 0.6 is 24.0 Å². The van der Waals surface area contributed by atoms with E-state index in [1.165, 1.54) is 30.3 Å². The summed E-state index contributed by atoms with van der Waals surface area (Å²) in [5.74, 6) is -4.29. The van der Waals surface area contributed by atoms with Crippen LogP contribution in [0.15, 0.2) is 53.4 Å². The second-order valence-corrected chi connectivity index (χ2v) is 8.56. The number of thiocarbonyl (C=S) groups is 1. The third kappa shape index (κ3) is 6.17. The second kappa shape index (κ2) is 10.9. The zero-order valence-electron chi connectivity index (χ0n) is 17.3. The van der Waals surface area contributed by atoms with Gasteiger partial charge in [0, 0.05) is 11.3 Å². The lowest BCUT2D eigenvalue weighted by molar-refractivity contribution is -0.150. The Morgan fingerprint density at radius 2 is 1.82 bits per heavy atom. The van der Waals surface area contributed by atoms with Crippen molar-refractivity contribution in [1.29, 1.82) is 0 Å². The molecule has 0 saturated carbocycles. The van der Waals surface area contributed by atoms with Gasteiger partial charge < -0.3 is 20.3 Å². The van der Waals surface area contributed by atoms with E-state index >= 15 is 0 Å². The minimum absolute atomic E-state index is 0.0773. The molecule has 12 heteroatoms. The monoisotopic (exact) mass is 504 g/mol. The van der Waals surface area contributed by atoms with Gasteiger partial charge in [0.05, 0.1) is 11.3 Å². The zero-order chi connectivity index (χ0) is 24.8. The van der Waals surface area contributed by atoms with Crippen LogP contribution in [0.1, 0.15) is 12.0 Å². The second-order valence-electron chi connectivity index (χ2n) is 6.89. The Hall–Kier alpha value is -3.77. The number of anilines is 1. The fourth-order valence-corrected chi connectivity index (χ4v) is 4.30. The summed E-state index contributed by atoms with van der Waals surface area (Å²) in [5.41, 5.74) is 0.809. The fraction of sp³-hybridized carbons (Fsp3) is 0.136. The van der Waals surface area contributed by atoms with Gasteiger partial charge in [-0.25, -0.2) is 9.18 Å². The average Bonchev–Trinajstić information content (AvgIpc) is 3.05. The lowest BCUT2D eigenvalue weighted by Crippen LogP contribution is -2.45. The number of amides is 2. The van der Waals surface area contributed by atoms with Crippen molar-refractivity contribution in [3.8, 4) is 5.75 Å². The summed E-state index contributed by atoms with van der Waals surface area (Å²) in [4.78, 5) is 48.4. The van der Waals surface area contributed by atoms with Gasteiger partial charge in [0.15, 0.2) is 6.61 Å². The van der Waals surface area contributed by atoms with Crippen LogP contribution in [0.25, 0.3) is 6.08 Å². The summed E-state index contributed by atoms with van der Waals surface area (Å²) >= 11 is 5.94. The molecule has 0 spiro atoms. The van der Waals surface area contributed by atoms with Gasteiger partial charge in [-0.15, -0.1) is 0 Å². The normalized spacial score (nSPS) is 15.3. The molecule has 0 radical (unpaired) electrons. The third-order valence-corrected chi connectivity index (χ3v) is 5.81. The lowest BCUT2D eigenvalue weighted by Gasteiger charge is -2.21. The van der Waals surface area contributed by atoms with E-state index in [0.29, 0.717) is 11.3 Å². The van der Waals surface area contributed by atoms with Crippen LogP contribution in [0.2, 0.25) is 0 Å². The Bertz CT molecular complexity index is 1180. The molecular formula is C22H17FN2O7S2. The van der Waals surface area contributed by atoms with Crippen molar-refractivity contribution in [2.75, 3.05) is 11.9 Å². The van der Waals surface area contributed by atoms with Gasteiger partial charge in [-0.1, -0.05) is 42.2 Å². The van der Waals surface area contributed by atoms with Crippen molar-refractivity contribution in [3.63, 3.8) is 0 Å². The van der Waals surface area contributed by atoms with E-state index in [1.807, 2.05) is 0 Å². The summed E-state index contributed by atoms with van der Waals surface area (Å²) in [7, 11) is 0. The topological polar surface area (TPSA) is 133 Å². The molecule has 9 nitrogen and oxygen atoms in total. The average molecular weight is 505 g/mol. The van der Waals surface area contributed by atoms with E-state index in [9.17, 15) is 28.7 Å². The van der Waals surface area contributed by atoms with Crippen molar-refractivity contribution >= 4 is 63.8 Å². The minimum atomic E-state index is -1.64. The largest absolute Gasteiger partial charge is 0.483 e. The van der Waals surface area contributed by atoms with Gasteiger partial charge in [-0.05, 0) is 36.4 Å². The van der Waals surface area contributed by atoms with E-state index in [2.05, 4.69) is 5.32 Å². The van der Waals surface area contributed by atoms with E-state index in [4.69, 9.17) is 22.1 Å². The first kappa shape index (κ1) is 24.9. The standard InChI is InChI=1S/C22H17FN2O7S2/c23-13-5-7-14(8-6-13)24-18(26)11-32-16-4-2-1-3-12(16)9-17-20(29)25(22(33)34-17)15(21(30)31)10-19(27)28/h1-9,15H,10-11H2,(H,24,26)(H,27,28)(H,30,31)/b17-9-. The highest BCUT2D eigenvalue weighted by Gasteiger charge is 2.41. The van der Waals surface area contributed by atoms with Crippen molar-refractivity contribution in [2.45, 2.75) is 12.5 Å². The molecule has 1 atom stereocenters. The number of halogens is 1. The molecule has 1 unspecified atom stereocenters. The molecule has 0 bridgehead atoms. The minimum Gasteiger partial charge on any atom is -0.483 e. The maximum atomic E-state index is 13.0. The molecule has 2 aromatic carbocycles. The molecule has 176 valence electrons. The molecule has 1 aliphatic heterocycles. The zero-order valence-corrected chi connectivity index (χ0v) is 18.9. The first-order chi connectivity index (χ1) is 16.2. The maximum Gasteiger partial charge on any atom is 0.327 e. The Morgan fingerprint density at radius 3 is 2.47 bits per heavy atom. The molecule has 34 heavy (non-hydrogen) atoms. The molecule has 0 aliphatic carbocycles. The Morgan fingerprint density at radius 1 is 1.15 bits per heavy atom. The van der Waals surface area contributed by atoms with Crippen LogP contribution in [-0.4, -0.2) is 55.8 Å². The highest BCUT2D eigenvalue weighted by Crippen LogP contribution is 2.36. The number of para-hydroxylation sites is 1. The summed E-state index contributed by atoms with van der Waals surface area (Å²) in [6, 6.07) is 10.1. The van der Waals surface area contributed by atoms with Gasteiger partial charge in [0.1, 0.15) is 21.9 Å². The number of hydrogen-bond acceptors (Lipinski definition) is 7. The number of hydrogen-bond donors (Lipinski definition) is 3. The molecule has 1 fully saturated rings. The number of carbonyl (C=O) groups excluding carboxylic acids is 2. The predicted octanol–water partition coefficient (Wildman–Crippen LogP) is 2.97. The number of aliphatic carboxylic acids is 2. The van der Waals surface area contributed by atoms with Crippen LogP contribution in [0, 0.1) is 5.82 Å². The molecule has 3 N–H and O–H groups in total. The van der Waals surface area contributed by atoms with Crippen LogP contribution in [0.5, 0.6) is 5.75 Å². The van der Waals surface area contributed by atoms with E-state index in [0.717, 1.165) is 16.7 Å². The first-order valence-electron chi connectivity index (χ1n) is 9.64. The molecule has 0 aromatic heterocycles. The molecule has 1 saturated heterocycles. The van der Waals surface area contributed by atoms with E-state index in [-0.39, 0.29) is 21.6 Å². The molecular weight excluding hydrogens is 487 g/mol. The van der Waals surface area contributed by atoms with Crippen molar-refractivity contribution in [2.24, 2.45) is 0 Å². The number of carboxylic acids is 2. The highest BCUT2D eigenvalue weighted by molar-refractivity contribution is 8.26. The van der Waals surface area contributed by atoms with Gasteiger partial charge in [0.25, 0.3) is 11.8 Å². The number of carbonyl (C=O) groups is 4. The highest BCUT2D eigenvalue weighted by atomic mass is 32.2. The fourth-order valence-electron chi connectivity index (χ4n) is 2.95. The van der Waals surface area contributed by atoms with Crippen molar-refractivity contribution in [1.82, 2.24) is 4.90 Å². The summed E-state index contributed by atoms with van der Waals surface area (Å²) < 4.78 is 18.5. The van der Waals surface area contributed by atoms with E-state index < -0.39 is 42.0 Å². The summed E-state index contributed by atoms with van der Waals surface area (Å²) in [6.45, 7) is -0.372. The Labute approximate surface area is 202 Å². The number of nitrogens with zero attached hydrogens (tertiary/aromatic N) is 1. The third-order valence-electron chi connectivity index (χ3n) is 4.48. The molecule has 2 amide bonds. The molecule has 1 heterocycles. The van der Waals surface area contributed by atoms with Gasteiger partial charge in [0.2, 0.25) is 0 Å². The van der Waals surface area contributed by atoms with Crippen LogP contribution < -0.4 is 10.1 Å². The van der Waals surface area contributed by atoms with Crippen molar-refractivity contribution < 1.29 is 38.5 Å². The molecule has 3 rings (SSSR count). The van der Waals surface area contributed by atoms with Gasteiger partial charge >= 0.3 is 11.9 Å². The molecule has 2 aromatic rings. The Balaban J connectivity index is 1.74. The quantitative estimate of drug-likeness (QED) is 0.348. The Kier molecular flexibility index (Phi) is 7.97. The number of benzene rings is 2. The maximum absolute atomic E-state index is 13.0. The number of rotatable bonds is 9. The van der Waals surface area contributed by atoms with E-state index in [1.54, 1.807) is 24.3 Å². The number of thioether (sulfide) groups is 1. The summed E-state index contributed by atoms with van der Waals surface area (Å²) in [6.07, 6.45) is 0.615. The van der Waals surface area contributed by atoms with Crippen LogP contribution in [-0.2, 0) is 19.2 Å². The predicted molar refractivity (Wildman–Crippen MR) is 126 cm³/mol. The smallest absolute Gasteiger partial charge is 0.327 e. The summed E-state index contributed by atoms with van der Waals surface area (Å²) in [5, 5.41) is 20.9. The number of nitrogens with one attached hydrogen (secondary N) is 1. The van der Waals surface area contributed by atoms with Gasteiger partial charge in [-0.2, -0.15) is 0 Å². The SMILES string of the molecule is O=C(O)CC(C(=O)O)N1C(=O)/C(=C/c2ccccc2OCC(=O)Nc2ccc(F)cc2)SC1=S. The lowest BCUT2D eigenvalue weighted by atomic mass is 10.1. The van der Waals surface area contributed by atoms with Crippen LogP contribution in [0.4, 0.5) is 10.1 Å². The van der Waals surface area contributed by atoms with Crippen molar-refractivity contribution in [3.05, 3.63) is 64.8 Å². The van der Waals surface area contributed by atoms with Gasteiger partial charge in [-0.3, -0.25) is 19.3 Å². The first-order valence-corrected chi connectivity index (χ1v) is 10.9. The van der Waals surface area contributed by atoms with Crippen LogP contribution in [0.3, 0.4) is 0 Å².